The third-order valence-corrected chi connectivity index (χ3v) is 4.57. The Morgan fingerprint density at radius 1 is 1.38 bits per heavy atom. The maximum atomic E-state index is 5.93. The first kappa shape index (κ1) is 14.7. The molecule has 0 amide bonds. The summed E-state index contributed by atoms with van der Waals surface area (Å²) in [5.41, 5.74) is 7.35. The summed E-state index contributed by atoms with van der Waals surface area (Å²) in [5.74, 6) is 0.606. The van der Waals surface area contributed by atoms with Crippen LogP contribution in [0.5, 0.6) is 5.75 Å². The first-order valence-corrected chi connectivity index (χ1v) is 8.22. The second kappa shape index (κ2) is 6.28. The first-order valence-electron chi connectivity index (χ1n) is 7.05. The van der Waals surface area contributed by atoms with Crippen molar-refractivity contribution in [3.8, 4) is 5.75 Å². The molecule has 6 heteroatoms. The lowest BCUT2D eigenvalue weighted by Gasteiger charge is -2.11. The Kier molecular flexibility index (Phi) is 4.40. The molecule has 1 fully saturated rings. The highest BCUT2D eigenvalue weighted by Crippen LogP contribution is 2.35. The summed E-state index contributed by atoms with van der Waals surface area (Å²) in [6, 6.07) is 5.99. The molecular weight excluding hydrogens is 354 g/mol. The van der Waals surface area contributed by atoms with E-state index in [0.29, 0.717) is 29.1 Å². The van der Waals surface area contributed by atoms with Crippen molar-refractivity contribution in [3.05, 3.63) is 39.6 Å². The number of rotatable bonds is 4. The number of benzene rings is 1. The van der Waals surface area contributed by atoms with Gasteiger partial charge in [-0.15, -0.1) is 0 Å². The van der Waals surface area contributed by atoms with Gasteiger partial charge >= 0.3 is 0 Å². The molecule has 1 aromatic carbocycles. The monoisotopic (exact) mass is 369 g/mol. The van der Waals surface area contributed by atoms with Crippen LogP contribution in [0.1, 0.15) is 37.4 Å². The summed E-state index contributed by atoms with van der Waals surface area (Å²) >= 11 is 9.35. The topological polar surface area (TPSA) is 53.1 Å². The summed E-state index contributed by atoms with van der Waals surface area (Å²) in [7, 11) is 0. The van der Waals surface area contributed by atoms with E-state index in [1.54, 1.807) is 12.1 Å². The molecule has 1 aliphatic carbocycles. The zero-order chi connectivity index (χ0) is 14.8. The van der Waals surface area contributed by atoms with Crippen molar-refractivity contribution in [3.63, 3.8) is 0 Å². The van der Waals surface area contributed by atoms with Gasteiger partial charge in [-0.1, -0.05) is 24.4 Å². The quantitative estimate of drug-likeness (QED) is 0.802. The summed E-state index contributed by atoms with van der Waals surface area (Å²) in [4.78, 5) is 0. The maximum absolute atomic E-state index is 5.93. The third-order valence-electron chi connectivity index (χ3n) is 3.76. The van der Waals surface area contributed by atoms with Crippen LogP contribution in [0.25, 0.3) is 0 Å². The van der Waals surface area contributed by atoms with Crippen molar-refractivity contribution in [1.29, 1.82) is 0 Å². The number of ether oxygens (including phenoxy) is 1. The van der Waals surface area contributed by atoms with Crippen LogP contribution in [0.2, 0.25) is 5.02 Å². The van der Waals surface area contributed by atoms with Gasteiger partial charge in [-0.2, -0.15) is 5.10 Å². The van der Waals surface area contributed by atoms with E-state index in [2.05, 4.69) is 25.7 Å². The number of anilines is 1. The zero-order valence-electron chi connectivity index (χ0n) is 11.6. The largest absolute Gasteiger partial charge is 0.484 e. The van der Waals surface area contributed by atoms with Crippen molar-refractivity contribution < 1.29 is 4.74 Å². The van der Waals surface area contributed by atoms with Crippen LogP contribution in [0.15, 0.2) is 28.9 Å². The number of aromatic nitrogens is 2. The van der Waals surface area contributed by atoms with E-state index >= 15 is 0 Å². The van der Waals surface area contributed by atoms with Crippen LogP contribution < -0.4 is 10.5 Å². The van der Waals surface area contributed by atoms with Gasteiger partial charge in [-0.05, 0) is 47.0 Å². The van der Waals surface area contributed by atoms with Crippen molar-refractivity contribution in [2.24, 2.45) is 0 Å². The molecule has 1 saturated carbocycles. The lowest BCUT2D eigenvalue weighted by molar-refractivity contribution is 0.297. The van der Waals surface area contributed by atoms with Crippen LogP contribution in [0, 0.1) is 0 Å². The van der Waals surface area contributed by atoms with Crippen molar-refractivity contribution >= 4 is 33.2 Å². The fourth-order valence-electron chi connectivity index (χ4n) is 2.71. The van der Waals surface area contributed by atoms with Crippen LogP contribution in [0.3, 0.4) is 0 Å². The Bertz CT molecular complexity index is 615. The minimum Gasteiger partial charge on any atom is -0.484 e. The molecule has 0 radical (unpaired) electrons. The minimum atomic E-state index is 0.393. The van der Waals surface area contributed by atoms with Gasteiger partial charge in [-0.3, -0.25) is 4.68 Å². The molecule has 1 heterocycles. The predicted molar refractivity (Wildman–Crippen MR) is 87.6 cm³/mol. The highest BCUT2D eigenvalue weighted by molar-refractivity contribution is 9.10. The van der Waals surface area contributed by atoms with Gasteiger partial charge in [0.25, 0.3) is 0 Å². The lowest BCUT2D eigenvalue weighted by Crippen LogP contribution is -2.07. The maximum Gasteiger partial charge on any atom is 0.157 e. The molecular formula is C15H17BrClN3O. The normalized spacial score (nSPS) is 15.5. The zero-order valence-corrected chi connectivity index (χ0v) is 13.9. The molecule has 1 aromatic heterocycles. The molecule has 0 aliphatic heterocycles. The Morgan fingerprint density at radius 2 is 2.14 bits per heavy atom. The fraction of sp³-hybridized carbons (Fsp3) is 0.400. The van der Waals surface area contributed by atoms with Crippen molar-refractivity contribution in [2.45, 2.75) is 38.3 Å². The summed E-state index contributed by atoms with van der Waals surface area (Å²) in [6.45, 7) is 0.393. The van der Waals surface area contributed by atoms with E-state index in [4.69, 9.17) is 22.1 Å². The Labute approximate surface area is 137 Å². The van der Waals surface area contributed by atoms with E-state index in [0.717, 1.165) is 10.2 Å². The molecule has 2 N–H and O–H groups in total. The SMILES string of the molecule is Nc1cc(Cl)cc(Br)c1OCc1ccn(C2CCCC2)n1. The van der Waals surface area contributed by atoms with Gasteiger partial charge in [0, 0.05) is 11.2 Å². The Hall–Kier alpha value is -1.20. The smallest absolute Gasteiger partial charge is 0.157 e. The number of nitrogens with two attached hydrogens (primary N) is 1. The average Bonchev–Trinajstić information content (AvgIpc) is 3.08. The van der Waals surface area contributed by atoms with E-state index in [9.17, 15) is 0 Å². The number of nitrogen functional groups attached to an aromatic ring is 1. The standard InChI is InChI=1S/C15H17BrClN3O/c16-13-7-10(17)8-14(18)15(13)21-9-11-5-6-20(19-11)12-3-1-2-4-12/h5-8,12H,1-4,9,18H2. The third kappa shape index (κ3) is 3.35. The Balaban J connectivity index is 1.68. The highest BCUT2D eigenvalue weighted by atomic mass is 79.9. The summed E-state index contributed by atoms with van der Waals surface area (Å²) < 4.78 is 8.59. The molecule has 1 aliphatic rings. The molecule has 0 unspecified atom stereocenters. The van der Waals surface area contributed by atoms with E-state index in [1.807, 2.05) is 12.3 Å². The predicted octanol–water partition coefficient (Wildman–Crippen LogP) is 4.58. The van der Waals surface area contributed by atoms with Gasteiger partial charge in [0.05, 0.1) is 21.9 Å². The van der Waals surface area contributed by atoms with E-state index in [1.165, 1.54) is 25.7 Å². The number of hydrogen-bond acceptors (Lipinski definition) is 3. The second-order valence-electron chi connectivity index (χ2n) is 5.32. The summed E-state index contributed by atoms with van der Waals surface area (Å²) in [5, 5.41) is 5.17. The van der Waals surface area contributed by atoms with Gasteiger partial charge in [0.1, 0.15) is 6.61 Å². The van der Waals surface area contributed by atoms with Crippen molar-refractivity contribution in [2.75, 3.05) is 5.73 Å². The van der Waals surface area contributed by atoms with Gasteiger partial charge in [0.15, 0.2) is 5.75 Å². The number of nitrogens with zero attached hydrogens (tertiary/aromatic N) is 2. The average molecular weight is 371 g/mol. The van der Waals surface area contributed by atoms with Gasteiger partial charge in [0.2, 0.25) is 0 Å². The molecule has 4 nitrogen and oxygen atoms in total. The van der Waals surface area contributed by atoms with E-state index < -0.39 is 0 Å². The number of halogens is 2. The molecule has 21 heavy (non-hydrogen) atoms. The van der Waals surface area contributed by atoms with Crippen LogP contribution in [0.4, 0.5) is 5.69 Å². The van der Waals surface area contributed by atoms with Crippen LogP contribution in [-0.2, 0) is 6.61 Å². The summed E-state index contributed by atoms with van der Waals surface area (Å²) in [6.07, 6.45) is 7.07. The second-order valence-corrected chi connectivity index (χ2v) is 6.61. The fourth-order valence-corrected chi connectivity index (χ4v) is 3.65. The van der Waals surface area contributed by atoms with Crippen molar-refractivity contribution in [1.82, 2.24) is 9.78 Å². The molecule has 112 valence electrons. The first-order chi connectivity index (χ1) is 10.1. The minimum absolute atomic E-state index is 0.393. The molecule has 0 atom stereocenters. The van der Waals surface area contributed by atoms with Crippen LogP contribution in [-0.4, -0.2) is 9.78 Å². The molecule has 0 saturated heterocycles. The van der Waals surface area contributed by atoms with Crippen LogP contribution >= 0.6 is 27.5 Å². The molecule has 3 rings (SSSR count). The molecule has 0 bridgehead atoms. The number of hydrogen-bond donors (Lipinski definition) is 1. The Morgan fingerprint density at radius 3 is 2.86 bits per heavy atom. The lowest BCUT2D eigenvalue weighted by atomic mass is 10.3. The molecule has 0 spiro atoms. The van der Waals surface area contributed by atoms with Gasteiger partial charge < -0.3 is 10.5 Å². The van der Waals surface area contributed by atoms with E-state index in [-0.39, 0.29) is 0 Å². The highest BCUT2D eigenvalue weighted by Gasteiger charge is 2.17. The van der Waals surface area contributed by atoms with Gasteiger partial charge in [-0.25, -0.2) is 0 Å². The molecule has 2 aromatic rings.